The van der Waals surface area contributed by atoms with Crippen molar-refractivity contribution in [3.05, 3.63) is 47.9 Å². The van der Waals surface area contributed by atoms with Gasteiger partial charge in [-0.3, -0.25) is 14.3 Å². The second kappa shape index (κ2) is 7.54. The van der Waals surface area contributed by atoms with Crippen LogP contribution in [0.15, 0.2) is 36.5 Å². The van der Waals surface area contributed by atoms with E-state index >= 15 is 0 Å². The number of aromatic nitrogens is 3. The number of nitrogens with one attached hydrogen (secondary N) is 1. The first kappa shape index (κ1) is 18.9. The Bertz CT molecular complexity index is 1090. The van der Waals surface area contributed by atoms with Gasteiger partial charge in [-0.2, -0.15) is 5.10 Å². The standard InChI is InChI=1S/C21H22N4O4/c1-12-5-4-6-16(22-12)20(26)23-18-9-14-11-25(24-17(14)10-19(18)28-2)15-7-13(8-15)21(27)29-3/h4-6,9-11,13,15H,7-8H2,1-3H3,(H,23,26). The number of carbonyl (C=O) groups is 2. The summed E-state index contributed by atoms with van der Waals surface area (Å²) in [5, 5.41) is 8.36. The predicted molar refractivity (Wildman–Crippen MR) is 107 cm³/mol. The number of esters is 1. The van der Waals surface area contributed by atoms with Gasteiger partial charge >= 0.3 is 5.97 Å². The topological polar surface area (TPSA) is 95.3 Å². The van der Waals surface area contributed by atoms with E-state index in [1.807, 2.05) is 29.9 Å². The molecule has 0 unspecified atom stereocenters. The van der Waals surface area contributed by atoms with Crippen LogP contribution in [0.25, 0.3) is 10.9 Å². The Balaban J connectivity index is 1.57. The number of rotatable bonds is 5. The summed E-state index contributed by atoms with van der Waals surface area (Å²) in [7, 11) is 2.96. The van der Waals surface area contributed by atoms with Crippen molar-refractivity contribution in [3.63, 3.8) is 0 Å². The van der Waals surface area contributed by atoms with E-state index in [-0.39, 0.29) is 23.8 Å². The summed E-state index contributed by atoms with van der Waals surface area (Å²) in [6.07, 6.45) is 3.34. The van der Waals surface area contributed by atoms with Gasteiger partial charge in [-0.1, -0.05) is 6.07 Å². The molecule has 1 N–H and O–H groups in total. The molecule has 3 aromatic rings. The summed E-state index contributed by atoms with van der Waals surface area (Å²) in [6, 6.07) is 9.08. The molecule has 8 heteroatoms. The van der Waals surface area contributed by atoms with E-state index in [0.29, 0.717) is 30.0 Å². The molecule has 0 saturated heterocycles. The highest BCUT2D eigenvalue weighted by Gasteiger charge is 2.37. The number of aryl methyl sites for hydroxylation is 1. The number of carbonyl (C=O) groups excluding carboxylic acids is 2. The fraction of sp³-hybridized carbons (Fsp3) is 0.333. The van der Waals surface area contributed by atoms with Crippen molar-refractivity contribution in [1.82, 2.24) is 14.8 Å². The van der Waals surface area contributed by atoms with E-state index < -0.39 is 0 Å². The SMILES string of the molecule is COC(=O)C1CC(n2cc3cc(NC(=O)c4cccc(C)n4)c(OC)cc3n2)C1. The summed E-state index contributed by atoms with van der Waals surface area (Å²) in [4.78, 5) is 28.4. The van der Waals surface area contributed by atoms with Gasteiger partial charge in [-0.25, -0.2) is 4.98 Å². The minimum atomic E-state index is -0.307. The first-order chi connectivity index (χ1) is 14.0. The predicted octanol–water partition coefficient (Wildman–Crippen LogP) is 3.12. The molecule has 8 nitrogen and oxygen atoms in total. The van der Waals surface area contributed by atoms with Crippen molar-refractivity contribution in [2.24, 2.45) is 5.92 Å². The Morgan fingerprint density at radius 2 is 2.00 bits per heavy atom. The van der Waals surface area contributed by atoms with Crippen molar-refractivity contribution in [2.45, 2.75) is 25.8 Å². The maximum Gasteiger partial charge on any atom is 0.308 e. The monoisotopic (exact) mass is 394 g/mol. The van der Waals surface area contributed by atoms with Crippen LogP contribution in [0, 0.1) is 12.8 Å². The second-order valence-electron chi connectivity index (χ2n) is 7.18. The lowest BCUT2D eigenvalue weighted by molar-refractivity contribution is -0.149. The van der Waals surface area contributed by atoms with Gasteiger partial charge in [-0.05, 0) is 38.0 Å². The van der Waals surface area contributed by atoms with Gasteiger partial charge in [0.15, 0.2) is 0 Å². The number of amides is 1. The fourth-order valence-electron chi connectivity index (χ4n) is 3.54. The molecule has 1 fully saturated rings. The molecule has 2 heterocycles. The number of fused-ring (bicyclic) bond motifs is 1. The largest absolute Gasteiger partial charge is 0.494 e. The summed E-state index contributed by atoms with van der Waals surface area (Å²) in [5.74, 6) is -0.0265. The Morgan fingerprint density at radius 1 is 1.21 bits per heavy atom. The van der Waals surface area contributed by atoms with Crippen LogP contribution in [0.4, 0.5) is 5.69 Å². The van der Waals surface area contributed by atoms with Crippen LogP contribution >= 0.6 is 0 Å². The maximum atomic E-state index is 12.6. The van der Waals surface area contributed by atoms with Gasteiger partial charge in [0.25, 0.3) is 5.91 Å². The van der Waals surface area contributed by atoms with Crippen LogP contribution in [0.1, 0.15) is 35.1 Å². The molecule has 1 amide bonds. The summed E-state index contributed by atoms with van der Waals surface area (Å²) in [6.45, 7) is 1.84. The molecule has 1 saturated carbocycles. The normalized spacial score (nSPS) is 18.2. The van der Waals surface area contributed by atoms with E-state index in [9.17, 15) is 9.59 Å². The number of anilines is 1. The molecule has 1 aromatic carbocycles. The summed E-state index contributed by atoms with van der Waals surface area (Å²) < 4.78 is 12.1. The average molecular weight is 394 g/mol. The van der Waals surface area contributed by atoms with Crippen molar-refractivity contribution in [2.75, 3.05) is 19.5 Å². The molecule has 1 aliphatic carbocycles. The zero-order valence-electron chi connectivity index (χ0n) is 16.5. The lowest BCUT2D eigenvalue weighted by Gasteiger charge is -2.33. The first-order valence-electron chi connectivity index (χ1n) is 9.38. The van der Waals surface area contributed by atoms with Crippen molar-refractivity contribution in [3.8, 4) is 5.75 Å². The third-order valence-electron chi connectivity index (χ3n) is 5.23. The number of hydrogen-bond donors (Lipinski definition) is 1. The maximum absolute atomic E-state index is 12.6. The van der Waals surface area contributed by atoms with Crippen LogP contribution in [0.2, 0.25) is 0 Å². The molecule has 150 valence electrons. The molecule has 1 aliphatic rings. The van der Waals surface area contributed by atoms with E-state index in [2.05, 4.69) is 15.4 Å². The average Bonchev–Trinajstić information content (AvgIpc) is 3.08. The van der Waals surface area contributed by atoms with E-state index in [4.69, 9.17) is 9.47 Å². The Morgan fingerprint density at radius 3 is 2.69 bits per heavy atom. The molecule has 0 spiro atoms. The zero-order chi connectivity index (χ0) is 20.5. The number of hydrogen-bond acceptors (Lipinski definition) is 6. The number of benzene rings is 1. The summed E-state index contributed by atoms with van der Waals surface area (Å²) >= 11 is 0. The fourth-order valence-corrected chi connectivity index (χ4v) is 3.54. The highest BCUT2D eigenvalue weighted by Crippen LogP contribution is 2.39. The van der Waals surface area contributed by atoms with Crippen LogP contribution in [-0.2, 0) is 9.53 Å². The van der Waals surface area contributed by atoms with Crippen LogP contribution in [0.5, 0.6) is 5.75 Å². The van der Waals surface area contributed by atoms with Crippen molar-refractivity contribution in [1.29, 1.82) is 0 Å². The molecule has 29 heavy (non-hydrogen) atoms. The summed E-state index contributed by atoms with van der Waals surface area (Å²) in [5.41, 5.74) is 2.42. The van der Waals surface area contributed by atoms with Gasteiger partial charge in [0.2, 0.25) is 0 Å². The van der Waals surface area contributed by atoms with Gasteiger partial charge in [0.05, 0.1) is 37.4 Å². The lowest BCUT2D eigenvalue weighted by atomic mass is 9.80. The minimum Gasteiger partial charge on any atom is -0.494 e. The van der Waals surface area contributed by atoms with Gasteiger partial charge in [0.1, 0.15) is 11.4 Å². The Kier molecular flexibility index (Phi) is 4.92. The number of methoxy groups -OCH3 is 2. The minimum absolute atomic E-state index is 0.0662. The molecular weight excluding hydrogens is 372 g/mol. The van der Waals surface area contributed by atoms with Gasteiger partial charge < -0.3 is 14.8 Å². The zero-order valence-corrected chi connectivity index (χ0v) is 16.5. The molecule has 0 bridgehead atoms. The number of pyridine rings is 1. The number of nitrogens with zero attached hydrogens (tertiary/aromatic N) is 3. The number of ether oxygens (including phenoxy) is 2. The first-order valence-corrected chi connectivity index (χ1v) is 9.38. The van der Waals surface area contributed by atoms with Gasteiger partial charge in [-0.15, -0.1) is 0 Å². The molecule has 0 radical (unpaired) electrons. The Labute approximate surface area is 167 Å². The van der Waals surface area contributed by atoms with Crippen LogP contribution in [0.3, 0.4) is 0 Å². The van der Waals surface area contributed by atoms with Crippen molar-refractivity contribution < 1.29 is 19.1 Å². The lowest BCUT2D eigenvalue weighted by Crippen LogP contribution is -2.33. The van der Waals surface area contributed by atoms with E-state index in [1.165, 1.54) is 7.11 Å². The molecule has 0 atom stereocenters. The Hall–Kier alpha value is -3.42. The molecular formula is C21H22N4O4. The van der Waals surface area contributed by atoms with Gasteiger partial charge in [0, 0.05) is 23.3 Å². The van der Waals surface area contributed by atoms with E-state index in [0.717, 1.165) is 16.6 Å². The third kappa shape index (κ3) is 3.65. The highest BCUT2D eigenvalue weighted by molar-refractivity contribution is 6.05. The highest BCUT2D eigenvalue weighted by atomic mass is 16.5. The third-order valence-corrected chi connectivity index (χ3v) is 5.23. The van der Waals surface area contributed by atoms with Crippen LogP contribution in [-0.4, -0.2) is 40.9 Å². The van der Waals surface area contributed by atoms with E-state index in [1.54, 1.807) is 25.3 Å². The quantitative estimate of drug-likeness (QED) is 0.668. The molecule has 2 aromatic heterocycles. The second-order valence-corrected chi connectivity index (χ2v) is 7.18. The molecule has 4 rings (SSSR count). The smallest absolute Gasteiger partial charge is 0.308 e. The van der Waals surface area contributed by atoms with Crippen molar-refractivity contribution >= 4 is 28.5 Å². The molecule has 0 aliphatic heterocycles. The van der Waals surface area contributed by atoms with Crippen LogP contribution < -0.4 is 10.1 Å².